The van der Waals surface area contributed by atoms with Gasteiger partial charge in [-0.1, -0.05) is 6.07 Å². The predicted molar refractivity (Wildman–Crippen MR) is 70.5 cm³/mol. The lowest BCUT2D eigenvalue weighted by Crippen LogP contribution is -2.11. The van der Waals surface area contributed by atoms with Crippen molar-refractivity contribution in [3.8, 4) is 0 Å². The minimum atomic E-state index is -4.50. The lowest BCUT2D eigenvalue weighted by Gasteiger charge is -2.10. The molecule has 0 saturated heterocycles. The summed E-state index contributed by atoms with van der Waals surface area (Å²) < 4.78 is 47.3. The quantitative estimate of drug-likeness (QED) is 0.460. The minimum Gasteiger partial charge on any atom is -0.466 e. The summed E-state index contributed by atoms with van der Waals surface area (Å²) in [5, 5.41) is 0. The maximum absolute atomic E-state index is 12.7. The first-order valence-electron chi connectivity index (χ1n) is 6.20. The van der Waals surface area contributed by atoms with Gasteiger partial charge in [-0.05, 0) is 30.5 Å². The number of hydrogen-bond acceptors (Lipinski definition) is 4. The van der Waals surface area contributed by atoms with Crippen LogP contribution in [0.25, 0.3) is 6.08 Å². The number of methoxy groups -OCH3 is 2. The maximum Gasteiger partial charge on any atom is 0.433 e. The van der Waals surface area contributed by atoms with Gasteiger partial charge in [-0.2, -0.15) is 13.2 Å². The number of alkyl halides is 3. The fourth-order valence-electron chi connectivity index (χ4n) is 1.63. The molecule has 0 saturated carbocycles. The number of nitrogens with zero attached hydrogens (tertiary/aromatic N) is 1. The van der Waals surface area contributed by atoms with Gasteiger partial charge in [0.1, 0.15) is 5.69 Å². The molecule has 0 aliphatic heterocycles. The summed E-state index contributed by atoms with van der Waals surface area (Å²) in [6.45, 7) is 0.415. The third-order valence-corrected chi connectivity index (χ3v) is 2.66. The van der Waals surface area contributed by atoms with E-state index in [1.807, 2.05) is 0 Å². The molecule has 0 atom stereocenters. The Balaban J connectivity index is 3.04. The molecule has 116 valence electrons. The molecular formula is C14H16F3NO3. The van der Waals surface area contributed by atoms with Crippen LogP contribution in [0.5, 0.6) is 0 Å². The second-order valence-corrected chi connectivity index (χ2v) is 4.18. The third-order valence-electron chi connectivity index (χ3n) is 2.66. The van der Waals surface area contributed by atoms with Crippen molar-refractivity contribution in [1.82, 2.24) is 4.98 Å². The highest BCUT2D eigenvalue weighted by Crippen LogP contribution is 2.28. The van der Waals surface area contributed by atoms with Crippen LogP contribution >= 0.6 is 0 Å². The second kappa shape index (κ2) is 7.78. The van der Waals surface area contributed by atoms with Crippen molar-refractivity contribution in [1.29, 1.82) is 0 Å². The number of esters is 1. The van der Waals surface area contributed by atoms with Crippen LogP contribution in [0.1, 0.15) is 23.4 Å². The Morgan fingerprint density at radius 3 is 2.62 bits per heavy atom. The summed E-state index contributed by atoms with van der Waals surface area (Å²) in [5.41, 5.74) is -0.239. The Labute approximate surface area is 120 Å². The van der Waals surface area contributed by atoms with Crippen molar-refractivity contribution >= 4 is 12.0 Å². The highest BCUT2D eigenvalue weighted by atomic mass is 19.4. The smallest absolute Gasteiger partial charge is 0.433 e. The molecule has 21 heavy (non-hydrogen) atoms. The first kappa shape index (κ1) is 17.2. The molecule has 1 aromatic rings. The summed E-state index contributed by atoms with van der Waals surface area (Å²) in [7, 11) is 2.73. The monoisotopic (exact) mass is 303 g/mol. The standard InChI is InChI=1S/C14H16F3NO3/c1-20-9-3-4-11-10(6-8-13(19)21-2)5-7-12(18-11)14(15,16)17/h5-8H,3-4,9H2,1-2H3/b8-6+. The molecule has 4 nitrogen and oxygen atoms in total. The molecule has 0 amide bonds. The fraction of sp³-hybridized carbons (Fsp3) is 0.429. The molecule has 0 unspecified atom stereocenters. The van der Waals surface area contributed by atoms with Crippen LogP contribution in [-0.4, -0.2) is 31.8 Å². The molecule has 1 heterocycles. The van der Waals surface area contributed by atoms with E-state index in [4.69, 9.17) is 4.74 Å². The van der Waals surface area contributed by atoms with Gasteiger partial charge in [0, 0.05) is 25.5 Å². The van der Waals surface area contributed by atoms with Crippen molar-refractivity contribution in [2.45, 2.75) is 19.0 Å². The van der Waals surface area contributed by atoms with Crippen LogP contribution in [-0.2, 0) is 26.9 Å². The van der Waals surface area contributed by atoms with E-state index in [0.717, 1.165) is 12.1 Å². The molecule has 0 spiro atoms. The summed E-state index contributed by atoms with van der Waals surface area (Å²) in [6.07, 6.45) is -1.12. The molecule has 7 heteroatoms. The Kier molecular flexibility index (Phi) is 6.36. The summed E-state index contributed by atoms with van der Waals surface area (Å²) in [4.78, 5) is 14.7. The minimum absolute atomic E-state index is 0.266. The number of halogens is 3. The highest BCUT2D eigenvalue weighted by molar-refractivity contribution is 5.87. The van der Waals surface area contributed by atoms with E-state index in [2.05, 4.69) is 9.72 Å². The lowest BCUT2D eigenvalue weighted by atomic mass is 10.1. The van der Waals surface area contributed by atoms with Crippen LogP contribution in [0.2, 0.25) is 0 Å². The molecule has 1 aromatic heterocycles. The van der Waals surface area contributed by atoms with Gasteiger partial charge in [-0.3, -0.25) is 0 Å². The van der Waals surface area contributed by atoms with Gasteiger partial charge >= 0.3 is 12.1 Å². The zero-order chi connectivity index (χ0) is 15.9. The van der Waals surface area contributed by atoms with Gasteiger partial charge in [0.05, 0.1) is 7.11 Å². The summed E-state index contributed by atoms with van der Waals surface area (Å²) in [5.74, 6) is -0.585. The van der Waals surface area contributed by atoms with Gasteiger partial charge in [-0.25, -0.2) is 9.78 Å². The van der Waals surface area contributed by atoms with Crippen LogP contribution < -0.4 is 0 Å². The summed E-state index contributed by atoms with van der Waals surface area (Å²) >= 11 is 0. The van der Waals surface area contributed by atoms with E-state index in [1.54, 1.807) is 0 Å². The molecule has 0 radical (unpaired) electrons. The number of carbonyl (C=O) groups excluding carboxylic acids is 1. The van der Waals surface area contributed by atoms with Gasteiger partial charge < -0.3 is 9.47 Å². The van der Waals surface area contributed by atoms with Crippen LogP contribution in [0.3, 0.4) is 0 Å². The molecule has 0 aromatic carbocycles. The van der Waals surface area contributed by atoms with E-state index in [1.165, 1.54) is 26.4 Å². The normalized spacial score (nSPS) is 11.9. The van der Waals surface area contributed by atoms with Gasteiger partial charge in [0.15, 0.2) is 0 Å². The Morgan fingerprint density at radius 1 is 1.33 bits per heavy atom. The fourth-order valence-corrected chi connectivity index (χ4v) is 1.63. The van der Waals surface area contributed by atoms with E-state index < -0.39 is 17.8 Å². The van der Waals surface area contributed by atoms with Gasteiger partial charge in [0.25, 0.3) is 0 Å². The maximum atomic E-state index is 12.7. The zero-order valence-electron chi connectivity index (χ0n) is 11.7. The highest BCUT2D eigenvalue weighted by Gasteiger charge is 2.32. The number of pyridine rings is 1. The second-order valence-electron chi connectivity index (χ2n) is 4.18. The average Bonchev–Trinajstić information content (AvgIpc) is 2.44. The molecule has 0 aliphatic rings. The largest absolute Gasteiger partial charge is 0.466 e. The molecule has 1 rings (SSSR count). The van der Waals surface area contributed by atoms with Crippen LogP contribution in [0.15, 0.2) is 18.2 Å². The Morgan fingerprint density at radius 2 is 2.05 bits per heavy atom. The van der Waals surface area contributed by atoms with E-state index >= 15 is 0 Å². The van der Waals surface area contributed by atoms with Crippen molar-refractivity contribution in [2.24, 2.45) is 0 Å². The van der Waals surface area contributed by atoms with Crippen molar-refractivity contribution < 1.29 is 27.4 Å². The van der Waals surface area contributed by atoms with E-state index in [-0.39, 0.29) is 5.69 Å². The van der Waals surface area contributed by atoms with Gasteiger partial charge in [0.2, 0.25) is 0 Å². The number of hydrogen-bond donors (Lipinski definition) is 0. The Hall–Kier alpha value is -1.89. The number of aryl methyl sites for hydroxylation is 1. The number of carbonyl (C=O) groups is 1. The first-order valence-corrected chi connectivity index (χ1v) is 6.20. The van der Waals surface area contributed by atoms with E-state index in [0.29, 0.717) is 25.0 Å². The summed E-state index contributed by atoms with van der Waals surface area (Å²) in [6, 6.07) is 2.17. The number of ether oxygens (including phenoxy) is 2. The predicted octanol–water partition coefficient (Wildman–Crippen LogP) is 2.87. The Bertz CT molecular complexity index is 513. The van der Waals surface area contributed by atoms with Crippen molar-refractivity contribution in [3.05, 3.63) is 35.2 Å². The van der Waals surface area contributed by atoms with Crippen LogP contribution in [0.4, 0.5) is 13.2 Å². The van der Waals surface area contributed by atoms with Crippen molar-refractivity contribution in [2.75, 3.05) is 20.8 Å². The molecular weight excluding hydrogens is 287 g/mol. The molecule has 0 fully saturated rings. The molecule has 0 bridgehead atoms. The lowest BCUT2D eigenvalue weighted by molar-refractivity contribution is -0.141. The first-order chi connectivity index (χ1) is 9.88. The van der Waals surface area contributed by atoms with Crippen LogP contribution in [0, 0.1) is 0 Å². The third kappa shape index (κ3) is 5.55. The molecule has 0 aliphatic carbocycles. The number of rotatable bonds is 6. The van der Waals surface area contributed by atoms with Gasteiger partial charge in [-0.15, -0.1) is 0 Å². The zero-order valence-corrected chi connectivity index (χ0v) is 11.7. The topological polar surface area (TPSA) is 48.4 Å². The number of aromatic nitrogens is 1. The SMILES string of the molecule is COCCCc1nc(C(F)(F)F)ccc1/C=C/C(=O)OC. The molecule has 0 N–H and O–H groups in total. The van der Waals surface area contributed by atoms with E-state index in [9.17, 15) is 18.0 Å². The average molecular weight is 303 g/mol. The van der Waals surface area contributed by atoms with Crippen molar-refractivity contribution in [3.63, 3.8) is 0 Å².